The van der Waals surface area contributed by atoms with Gasteiger partial charge in [0.2, 0.25) is 0 Å². The molecule has 0 saturated heterocycles. The van der Waals surface area contributed by atoms with Crippen LogP contribution in [0.3, 0.4) is 0 Å². The minimum atomic E-state index is -1.38. The largest absolute Gasteiger partial charge is 0.460 e. The lowest BCUT2D eigenvalue weighted by molar-refractivity contribution is -0.156. The number of fused-ring (bicyclic) bond motifs is 1. The van der Waals surface area contributed by atoms with E-state index in [1.807, 2.05) is 13.0 Å². The number of hydrogen-bond acceptors (Lipinski definition) is 4. The Morgan fingerprint density at radius 1 is 1.56 bits per heavy atom. The van der Waals surface area contributed by atoms with E-state index in [2.05, 4.69) is 6.58 Å². The molecule has 1 atom stereocenters. The first-order chi connectivity index (χ1) is 8.50. The fourth-order valence-corrected chi connectivity index (χ4v) is 1.91. The summed E-state index contributed by atoms with van der Waals surface area (Å²) < 4.78 is 10.1. The monoisotopic (exact) mass is 246 g/mol. The van der Waals surface area contributed by atoms with Crippen LogP contribution in [0, 0.1) is 6.92 Å². The first-order valence-corrected chi connectivity index (χ1v) is 5.61. The molecule has 4 heteroatoms. The summed E-state index contributed by atoms with van der Waals surface area (Å²) in [5.41, 5.74) is 0.126. The number of aryl methyl sites for hydroxylation is 1. The molecule has 0 bridgehead atoms. The molecule has 0 amide bonds. The van der Waals surface area contributed by atoms with Gasteiger partial charge < -0.3 is 9.47 Å². The highest BCUT2D eigenvalue weighted by molar-refractivity contribution is 6.09. The topological polar surface area (TPSA) is 52.6 Å². The zero-order valence-electron chi connectivity index (χ0n) is 10.4. The second kappa shape index (κ2) is 4.29. The van der Waals surface area contributed by atoms with Gasteiger partial charge in [0.1, 0.15) is 12.4 Å². The van der Waals surface area contributed by atoms with Gasteiger partial charge >= 0.3 is 11.9 Å². The van der Waals surface area contributed by atoms with Gasteiger partial charge in [-0.3, -0.25) is 9.59 Å². The van der Waals surface area contributed by atoms with Gasteiger partial charge in [-0.1, -0.05) is 30.4 Å². The lowest BCUT2D eigenvalue weighted by Gasteiger charge is -2.18. The molecule has 0 saturated carbocycles. The van der Waals surface area contributed by atoms with E-state index in [1.54, 1.807) is 12.1 Å². The lowest BCUT2D eigenvalue weighted by Crippen LogP contribution is -2.40. The van der Waals surface area contributed by atoms with E-state index in [0.29, 0.717) is 11.3 Å². The van der Waals surface area contributed by atoms with Crippen LogP contribution in [0.15, 0.2) is 30.9 Å². The Balaban J connectivity index is 2.44. The molecule has 0 aliphatic carbocycles. The minimum Gasteiger partial charge on any atom is -0.460 e. The van der Waals surface area contributed by atoms with Crippen molar-refractivity contribution in [2.75, 3.05) is 6.61 Å². The molecule has 4 nitrogen and oxygen atoms in total. The molecule has 0 N–H and O–H groups in total. The molecule has 0 aromatic heterocycles. The number of hydrogen-bond donors (Lipinski definition) is 0. The first kappa shape index (κ1) is 12.4. The molecule has 0 spiro atoms. The summed E-state index contributed by atoms with van der Waals surface area (Å²) >= 11 is 0. The van der Waals surface area contributed by atoms with Gasteiger partial charge in [0.25, 0.3) is 0 Å². The number of benzene rings is 1. The van der Waals surface area contributed by atoms with Crippen molar-refractivity contribution in [1.82, 2.24) is 0 Å². The third-order valence-electron chi connectivity index (χ3n) is 3.03. The number of carbonyl (C=O) groups excluding carboxylic acids is 2. The standard InChI is InChI=1S/C14H14O4/c1-4-7-17-12(15)14(3)10-8-9(2)5-6-11(10)18-13(14)16/h4-6,8H,1,7H2,2-3H3/t14-/m0/s1. The van der Waals surface area contributed by atoms with Crippen LogP contribution in [0.2, 0.25) is 0 Å². The fourth-order valence-electron chi connectivity index (χ4n) is 1.91. The quantitative estimate of drug-likeness (QED) is 0.354. The SMILES string of the molecule is C=CCOC(=O)[C@@]1(C)C(=O)Oc2ccc(C)cc21. The molecule has 0 radical (unpaired) electrons. The summed E-state index contributed by atoms with van der Waals surface area (Å²) in [6.45, 7) is 6.95. The molecule has 18 heavy (non-hydrogen) atoms. The fraction of sp³-hybridized carbons (Fsp3) is 0.286. The smallest absolute Gasteiger partial charge is 0.333 e. The van der Waals surface area contributed by atoms with Crippen molar-refractivity contribution in [2.45, 2.75) is 19.3 Å². The molecule has 0 unspecified atom stereocenters. The van der Waals surface area contributed by atoms with Gasteiger partial charge in [0.15, 0.2) is 5.41 Å². The van der Waals surface area contributed by atoms with Gasteiger partial charge in [-0.05, 0) is 19.9 Å². The van der Waals surface area contributed by atoms with Crippen molar-refractivity contribution < 1.29 is 19.1 Å². The van der Waals surface area contributed by atoms with Crippen molar-refractivity contribution in [3.63, 3.8) is 0 Å². The maximum absolute atomic E-state index is 12.0. The maximum Gasteiger partial charge on any atom is 0.333 e. The molecule has 1 aromatic carbocycles. The average Bonchev–Trinajstić information content (AvgIpc) is 2.60. The predicted molar refractivity (Wildman–Crippen MR) is 65.3 cm³/mol. The minimum absolute atomic E-state index is 0.0723. The zero-order valence-corrected chi connectivity index (χ0v) is 10.4. The molecule has 94 valence electrons. The van der Waals surface area contributed by atoms with Crippen molar-refractivity contribution >= 4 is 11.9 Å². The van der Waals surface area contributed by atoms with E-state index in [1.165, 1.54) is 13.0 Å². The van der Waals surface area contributed by atoms with Crippen LogP contribution >= 0.6 is 0 Å². The van der Waals surface area contributed by atoms with Crippen molar-refractivity contribution in [3.8, 4) is 5.75 Å². The van der Waals surface area contributed by atoms with E-state index >= 15 is 0 Å². The predicted octanol–water partition coefficient (Wildman–Crippen LogP) is 1.90. The molecule has 0 fully saturated rings. The highest BCUT2D eigenvalue weighted by atomic mass is 16.6. The Morgan fingerprint density at radius 2 is 2.28 bits per heavy atom. The first-order valence-electron chi connectivity index (χ1n) is 5.61. The summed E-state index contributed by atoms with van der Waals surface area (Å²) in [7, 11) is 0. The van der Waals surface area contributed by atoms with Crippen molar-refractivity contribution in [2.24, 2.45) is 0 Å². The molecule has 1 aliphatic rings. The second-order valence-corrected chi connectivity index (χ2v) is 4.40. The van der Waals surface area contributed by atoms with Crippen LogP contribution in [0.25, 0.3) is 0 Å². The number of esters is 2. The number of rotatable bonds is 3. The third-order valence-corrected chi connectivity index (χ3v) is 3.03. The van der Waals surface area contributed by atoms with Crippen LogP contribution in [-0.2, 0) is 19.7 Å². The Kier molecular flexibility index (Phi) is 2.95. The van der Waals surface area contributed by atoms with E-state index in [9.17, 15) is 9.59 Å². The molecule has 2 rings (SSSR count). The van der Waals surface area contributed by atoms with Crippen LogP contribution in [-0.4, -0.2) is 18.5 Å². The molecular weight excluding hydrogens is 232 g/mol. The van der Waals surface area contributed by atoms with Crippen LogP contribution in [0.5, 0.6) is 5.75 Å². The zero-order chi connectivity index (χ0) is 13.3. The summed E-state index contributed by atoms with van der Waals surface area (Å²) in [4.78, 5) is 24.0. The summed E-state index contributed by atoms with van der Waals surface area (Å²) in [6, 6.07) is 5.29. The van der Waals surface area contributed by atoms with E-state index in [4.69, 9.17) is 9.47 Å². The summed E-state index contributed by atoms with van der Waals surface area (Å²) in [5, 5.41) is 0. The van der Waals surface area contributed by atoms with E-state index in [-0.39, 0.29) is 6.61 Å². The maximum atomic E-state index is 12.0. The Labute approximate surface area is 105 Å². The van der Waals surface area contributed by atoms with Gasteiger partial charge in [-0.25, -0.2) is 0 Å². The molecule has 1 aromatic rings. The van der Waals surface area contributed by atoms with Crippen LogP contribution < -0.4 is 4.74 Å². The van der Waals surface area contributed by atoms with Gasteiger partial charge in [0, 0.05) is 5.56 Å². The summed E-state index contributed by atoms with van der Waals surface area (Å²) in [6.07, 6.45) is 1.46. The summed E-state index contributed by atoms with van der Waals surface area (Å²) in [5.74, 6) is -0.794. The van der Waals surface area contributed by atoms with E-state index in [0.717, 1.165) is 5.56 Å². The third kappa shape index (κ3) is 1.70. The second-order valence-electron chi connectivity index (χ2n) is 4.40. The highest BCUT2D eigenvalue weighted by Gasteiger charge is 2.52. The Morgan fingerprint density at radius 3 is 2.94 bits per heavy atom. The lowest BCUT2D eigenvalue weighted by atomic mass is 9.83. The molecule has 1 heterocycles. The number of ether oxygens (including phenoxy) is 2. The average molecular weight is 246 g/mol. The van der Waals surface area contributed by atoms with Crippen LogP contribution in [0.4, 0.5) is 0 Å². The van der Waals surface area contributed by atoms with Gasteiger partial charge in [-0.15, -0.1) is 0 Å². The normalized spacial score (nSPS) is 21.1. The van der Waals surface area contributed by atoms with E-state index < -0.39 is 17.4 Å². The van der Waals surface area contributed by atoms with Crippen molar-refractivity contribution in [1.29, 1.82) is 0 Å². The molecule has 1 aliphatic heterocycles. The highest BCUT2D eigenvalue weighted by Crippen LogP contribution is 2.40. The Bertz CT molecular complexity index is 533. The van der Waals surface area contributed by atoms with Gasteiger partial charge in [-0.2, -0.15) is 0 Å². The molecular formula is C14H14O4. The number of carbonyl (C=O) groups is 2. The van der Waals surface area contributed by atoms with Crippen molar-refractivity contribution in [3.05, 3.63) is 42.0 Å². The van der Waals surface area contributed by atoms with Gasteiger partial charge in [0.05, 0.1) is 0 Å². The Hall–Kier alpha value is -2.10. The van der Waals surface area contributed by atoms with Crippen LogP contribution in [0.1, 0.15) is 18.1 Å².